The molecule has 35 heavy (non-hydrogen) atoms. The van der Waals surface area contributed by atoms with E-state index in [1.807, 2.05) is 0 Å². The Kier molecular flexibility index (Phi) is 9.08. The summed E-state index contributed by atoms with van der Waals surface area (Å²) in [6, 6.07) is 14.6. The Balaban J connectivity index is 1.85. The summed E-state index contributed by atoms with van der Waals surface area (Å²) in [6.07, 6.45) is 0.714. The van der Waals surface area contributed by atoms with Gasteiger partial charge < -0.3 is 10.8 Å². The molecule has 0 saturated heterocycles. The van der Waals surface area contributed by atoms with Crippen molar-refractivity contribution in [1.82, 2.24) is 4.31 Å². The van der Waals surface area contributed by atoms with Gasteiger partial charge in [0, 0.05) is 17.6 Å². The van der Waals surface area contributed by atoms with Crippen LogP contribution in [-0.4, -0.2) is 31.5 Å². The zero-order chi connectivity index (χ0) is 25.5. The molecule has 0 aliphatic carbocycles. The van der Waals surface area contributed by atoms with Crippen LogP contribution in [0, 0.1) is 11.6 Å². The summed E-state index contributed by atoms with van der Waals surface area (Å²) in [6.45, 7) is 0.0354. The number of primary amides is 1. The maximum Gasteiger partial charge on any atom is 0.335 e. The largest absolute Gasteiger partial charge is 0.478 e. The van der Waals surface area contributed by atoms with Crippen LogP contribution in [0.15, 0.2) is 71.6 Å². The Hall–Kier alpha value is -3.14. The van der Waals surface area contributed by atoms with Crippen molar-refractivity contribution in [2.75, 3.05) is 0 Å². The number of nitrogens with zero attached hydrogens (tertiary/aromatic N) is 1. The standard InChI is InChI=1S/C25H23ClF2N2O4S/c26-19-9-12-21(13-10-19)35(34)30(15-16-4-6-18(7-5-16)25(32)33)23(24(29)31)3-1-2-17-8-11-20(27)14-22(17)28/h4-14,23H,1-3,15H2,(H2,29,31)(H,32,33). The summed E-state index contributed by atoms with van der Waals surface area (Å²) >= 11 is 5.94. The molecule has 0 fully saturated rings. The molecule has 2 unspecified atom stereocenters. The van der Waals surface area contributed by atoms with Gasteiger partial charge in [0.05, 0.1) is 10.5 Å². The van der Waals surface area contributed by atoms with Crippen LogP contribution < -0.4 is 5.73 Å². The van der Waals surface area contributed by atoms with Gasteiger partial charge in [0.25, 0.3) is 0 Å². The van der Waals surface area contributed by atoms with Gasteiger partial charge in [-0.05, 0) is 72.9 Å². The minimum atomic E-state index is -1.82. The van der Waals surface area contributed by atoms with Crippen LogP contribution in [0.3, 0.4) is 0 Å². The van der Waals surface area contributed by atoms with Gasteiger partial charge in [0.2, 0.25) is 5.91 Å². The second-order valence-corrected chi connectivity index (χ2v) is 9.70. The number of aryl methyl sites for hydroxylation is 1. The second-order valence-electron chi connectivity index (χ2n) is 7.83. The third-order valence-electron chi connectivity index (χ3n) is 5.38. The molecule has 0 heterocycles. The van der Waals surface area contributed by atoms with Crippen molar-refractivity contribution >= 4 is 34.5 Å². The predicted octanol–water partition coefficient (Wildman–Crippen LogP) is 4.72. The van der Waals surface area contributed by atoms with Crippen LogP contribution in [0.2, 0.25) is 5.02 Å². The molecule has 3 N–H and O–H groups in total. The van der Waals surface area contributed by atoms with Crippen LogP contribution in [-0.2, 0) is 28.7 Å². The van der Waals surface area contributed by atoms with Crippen molar-refractivity contribution in [1.29, 1.82) is 0 Å². The van der Waals surface area contributed by atoms with Crippen LogP contribution in [0.5, 0.6) is 0 Å². The van der Waals surface area contributed by atoms with Crippen molar-refractivity contribution in [3.8, 4) is 0 Å². The van der Waals surface area contributed by atoms with Gasteiger partial charge in [-0.3, -0.25) is 4.79 Å². The van der Waals surface area contributed by atoms with Gasteiger partial charge in [-0.25, -0.2) is 22.1 Å². The maximum atomic E-state index is 14.0. The Labute approximate surface area is 208 Å². The lowest BCUT2D eigenvalue weighted by Gasteiger charge is -2.28. The lowest BCUT2D eigenvalue weighted by Crippen LogP contribution is -2.45. The minimum absolute atomic E-state index is 0.0354. The third-order valence-corrected chi connectivity index (χ3v) is 7.12. The second kappa shape index (κ2) is 12.0. The normalized spacial score (nSPS) is 12.9. The number of carboxylic acids is 1. The molecule has 3 aromatic carbocycles. The molecule has 0 spiro atoms. The molecule has 0 aliphatic rings. The number of rotatable bonds is 11. The molecule has 0 saturated carbocycles. The van der Waals surface area contributed by atoms with E-state index in [0.717, 1.165) is 12.1 Å². The van der Waals surface area contributed by atoms with Crippen molar-refractivity contribution in [2.45, 2.75) is 36.7 Å². The van der Waals surface area contributed by atoms with Gasteiger partial charge in [-0.2, -0.15) is 0 Å². The van der Waals surface area contributed by atoms with Crippen LogP contribution in [0.25, 0.3) is 0 Å². The number of hydrogen-bond donors (Lipinski definition) is 2. The molecule has 0 aliphatic heterocycles. The summed E-state index contributed by atoms with van der Waals surface area (Å²) in [5, 5.41) is 9.58. The maximum absolute atomic E-state index is 14.0. The first kappa shape index (κ1) is 26.5. The minimum Gasteiger partial charge on any atom is -0.478 e. The Morgan fingerprint density at radius 3 is 2.26 bits per heavy atom. The number of carbonyl (C=O) groups is 2. The SMILES string of the molecule is NC(=O)C(CCCc1ccc(F)cc1F)N(Cc1ccc(C(=O)O)cc1)S(=O)c1ccc(Cl)cc1. The van der Waals surface area contributed by atoms with Crippen molar-refractivity contribution in [3.05, 3.63) is 100 Å². The molecule has 6 nitrogen and oxygen atoms in total. The first-order chi connectivity index (χ1) is 16.7. The quantitative estimate of drug-likeness (QED) is 0.382. The van der Waals surface area contributed by atoms with Crippen molar-refractivity contribution in [2.24, 2.45) is 5.73 Å². The highest BCUT2D eigenvalue weighted by Gasteiger charge is 2.29. The van der Waals surface area contributed by atoms with E-state index in [0.29, 0.717) is 27.5 Å². The summed E-state index contributed by atoms with van der Waals surface area (Å²) in [5.74, 6) is -3.16. The van der Waals surface area contributed by atoms with Crippen LogP contribution >= 0.6 is 11.6 Å². The monoisotopic (exact) mass is 520 g/mol. The Morgan fingerprint density at radius 2 is 1.69 bits per heavy atom. The molecular weight excluding hydrogens is 498 g/mol. The average molecular weight is 521 g/mol. The summed E-state index contributed by atoms with van der Waals surface area (Å²) in [4.78, 5) is 24.0. The lowest BCUT2D eigenvalue weighted by molar-refractivity contribution is -0.122. The predicted molar refractivity (Wildman–Crippen MR) is 129 cm³/mol. The number of nitrogens with two attached hydrogens (primary N) is 1. The van der Waals surface area contributed by atoms with E-state index in [9.17, 15) is 22.6 Å². The number of benzene rings is 3. The van der Waals surface area contributed by atoms with Crippen LogP contribution in [0.1, 0.15) is 34.3 Å². The summed E-state index contributed by atoms with van der Waals surface area (Å²) in [7, 11) is -1.82. The molecule has 1 amide bonds. The molecule has 3 rings (SSSR count). The number of carboxylic acid groups (broad SMARTS) is 1. The fourth-order valence-corrected chi connectivity index (χ4v) is 5.01. The summed E-state index contributed by atoms with van der Waals surface area (Å²) in [5.41, 5.74) is 6.69. The number of halogens is 3. The van der Waals surface area contributed by atoms with E-state index >= 15 is 0 Å². The smallest absolute Gasteiger partial charge is 0.335 e. The van der Waals surface area contributed by atoms with Gasteiger partial charge in [0.15, 0.2) is 0 Å². The van der Waals surface area contributed by atoms with E-state index in [-0.39, 0.29) is 24.9 Å². The van der Waals surface area contributed by atoms with E-state index in [1.165, 1.54) is 22.5 Å². The van der Waals surface area contributed by atoms with Gasteiger partial charge in [-0.1, -0.05) is 29.8 Å². The third kappa shape index (κ3) is 7.17. The average Bonchev–Trinajstić information content (AvgIpc) is 2.82. The molecule has 0 aromatic heterocycles. The Morgan fingerprint density at radius 1 is 1.03 bits per heavy atom. The molecule has 3 aromatic rings. The Bertz CT molecular complexity index is 1220. The fourth-order valence-electron chi connectivity index (χ4n) is 3.54. The molecule has 184 valence electrons. The van der Waals surface area contributed by atoms with Gasteiger partial charge in [-0.15, -0.1) is 0 Å². The van der Waals surface area contributed by atoms with Crippen molar-refractivity contribution in [3.63, 3.8) is 0 Å². The zero-order valence-corrected chi connectivity index (χ0v) is 20.1. The highest BCUT2D eigenvalue weighted by molar-refractivity contribution is 7.82. The number of carbonyl (C=O) groups excluding carboxylic acids is 1. The van der Waals surface area contributed by atoms with E-state index in [2.05, 4.69) is 0 Å². The molecule has 2 atom stereocenters. The van der Waals surface area contributed by atoms with Crippen LogP contribution in [0.4, 0.5) is 8.78 Å². The van der Waals surface area contributed by atoms with E-state index in [1.54, 1.807) is 36.4 Å². The number of aromatic carboxylic acids is 1. The molecular formula is C25H23ClF2N2O4S. The van der Waals surface area contributed by atoms with E-state index in [4.69, 9.17) is 22.4 Å². The first-order valence-corrected chi connectivity index (χ1v) is 12.1. The zero-order valence-electron chi connectivity index (χ0n) is 18.5. The summed E-state index contributed by atoms with van der Waals surface area (Å²) < 4.78 is 42.1. The highest BCUT2D eigenvalue weighted by Crippen LogP contribution is 2.23. The topological polar surface area (TPSA) is 101 Å². The molecule has 0 bridgehead atoms. The highest BCUT2D eigenvalue weighted by atomic mass is 35.5. The number of amides is 1. The molecule has 10 heteroatoms. The lowest BCUT2D eigenvalue weighted by atomic mass is 10.0. The van der Waals surface area contributed by atoms with Gasteiger partial charge in [0.1, 0.15) is 28.7 Å². The van der Waals surface area contributed by atoms with Crippen molar-refractivity contribution < 1.29 is 27.7 Å². The molecule has 0 radical (unpaired) electrons. The van der Waals surface area contributed by atoms with Gasteiger partial charge >= 0.3 is 5.97 Å². The number of hydrogen-bond acceptors (Lipinski definition) is 3. The van der Waals surface area contributed by atoms with E-state index < -0.39 is 40.5 Å². The first-order valence-electron chi connectivity index (χ1n) is 10.7. The fraction of sp³-hybridized carbons (Fsp3) is 0.200.